The van der Waals surface area contributed by atoms with Crippen LogP contribution in [0.2, 0.25) is 0 Å². The first kappa shape index (κ1) is 34.1. The largest absolute Gasteiger partial charge is 1.00 e. The summed E-state index contributed by atoms with van der Waals surface area (Å²) in [5.41, 5.74) is -2.61. The first-order valence-electron chi connectivity index (χ1n) is 11.4. The van der Waals surface area contributed by atoms with Crippen LogP contribution < -0.4 is 104 Å². The average Bonchev–Trinajstić information content (AvgIpc) is 3.05. The molecule has 8 nitrogen and oxygen atoms in total. The van der Waals surface area contributed by atoms with Crippen molar-refractivity contribution in [2.75, 3.05) is 0 Å². The van der Waals surface area contributed by atoms with Crippen molar-refractivity contribution in [3.63, 3.8) is 0 Å². The predicted octanol–water partition coefficient (Wildman–Crippen LogP) is -8.30. The van der Waals surface area contributed by atoms with E-state index in [4.69, 9.17) is 4.74 Å². The van der Waals surface area contributed by atoms with Crippen LogP contribution in [0.5, 0.6) is 0 Å². The summed E-state index contributed by atoms with van der Waals surface area (Å²) in [5, 5.41) is 35.1. The Morgan fingerprint density at radius 3 is 2.11 bits per heavy atom. The van der Waals surface area contributed by atoms with Crippen LogP contribution in [-0.4, -0.2) is 28.5 Å². The molecular formula is C25H28NNa3O7. The summed E-state index contributed by atoms with van der Waals surface area (Å²) in [4.78, 5) is 38.6. The van der Waals surface area contributed by atoms with Gasteiger partial charge >= 0.3 is 88.7 Å². The molecule has 0 bridgehead atoms. The number of carbonyl (C=O) groups is 3. The minimum absolute atomic E-state index is 0. The van der Waals surface area contributed by atoms with Crippen LogP contribution in [-0.2, 0) is 9.53 Å². The molecule has 11 heteroatoms. The van der Waals surface area contributed by atoms with Crippen LogP contribution in [0.15, 0.2) is 17.9 Å². The summed E-state index contributed by atoms with van der Waals surface area (Å²) >= 11 is 0. The molecule has 1 aromatic heterocycles. The third-order valence-corrected chi connectivity index (χ3v) is 8.53. The number of nitrogens with zero attached hydrogens (tertiary/aromatic N) is 1. The summed E-state index contributed by atoms with van der Waals surface area (Å²) in [7, 11) is 0. The van der Waals surface area contributed by atoms with E-state index in [0.29, 0.717) is 12.3 Å². The topological polar surface area (TPSA) is 143 Å². The standard InChI is InChI=1S/C25H31NO7.3Na/c1-23(2)9-5-10-24(3)16(23)8-11-25(4)17(24)12-15(33-25)18(21(29)30)13-6-7-14(20(27)28)26-19(13)22(31)32;;;/h6-7,16-17H,5,8-12H2,1-4H3,(H,27,28)(H,29,30)(H,31,32);;;/q;3*+1/p-3/b18-15+;;;/t16-,17+,24-,25+;;;/m1.../s1. The van der Waals surface area contributed by atoms with E-state index in [0.717, 1.165) is 44.2 Å². The fraction of sp³-hybridized carbons (Fsp3) is 0.600. The molecule has 0 N–H and O–H groups in total. The maximum atomic E-state index is 12.2. The van der Waals surface area contributed by atoms with E-state index in [1.54, 1.807) is 0 Å². The molecule has 0 unspecified atom stereocenters. The Morgan fingerprint density at radius 2 is 1.56 bits per heavy atom. The molecular weight excluding hydrogens is 495 g/mol. The molecule has 36 heavy (non-hydrogen) atoms. The normalized spacial score (nSPS) is 31.1. The third-order valence-electron chi connectivity index (χ3n) is 8.53. The molecule has 2 saturated carbocycles. The number of carbonyl (C=O) groups excluding carboxylic acids is 3. The van der Waals surface area contributed by atoms with E-state index in [1.807, 2.05) is 6.92 Å². The second-order valence-electron chi connectivity index (χ2n) is 10.9. The Hall–Kier alpha value is 0.100. The summed E-state index contributed by atoms with van der Waals surface area (Å²) in [5.74, 6) is -4.42. The van der Waals surface area contributed by atoms with Crippen molar-refractivity contribution >= 4 is 23.5 Å². The van der Waals surface area contributed by atoms with Crippen LogP contribution in [0.4, 0.5) is 0 Å². The van der Waals surface area contributed by atoms with Gasteiger partial charge in [0.2, 0.25) is 0 Å². The molecule has 4 atom stereocenters. The van der Waals surface area contributed by atoms with Gasteiger partial charge in [0.15, 0.2) is 0 Å². The van der Waals surface area contributed by atoms with Crippen molar-refractivity contribution in [3.8, 4) is 0 Å². The Kier molecular flexibility index (Phi) is 11.5. The van der Waals surface area contributed by atoms with E-state index in [-0.39, 0.29) is 117 Å². The second-order valence-corrected chi connectivity index (χ2v) is 10.9. The van der Waals surface area contributed by atoms with Crippen molar-refractivity contribution in [2.45, 2.75) is 71.8 Å². The van der Waals surface area contributed by atoms with Crippen molar-refractivity contribution in [3.05, 3.63) is 34.8 Å². The van der Waals surface area contributed by atoms with Crippen molar-refractivity contribution < 1.29 is 123 Å². The van der Waals surface area contributed by atoms with Gasteiger partial charge in [-0.05, 0) is 61.5 Å². The van der Waals surface area contributed by atoms with Crippen molar-refractivity contribution in [1.82, 2.24) is 4.98 Å². The third kappa shape index (κ3) is 5.82. The van der Waals surface area contributed by atoms with Gasteiger partial charge < -0.3 is 34.4 Å². The molecule has 0 aromatic carbocycles. The summed E-state index contributed by atoms with van der Waals surface area (Å²) in [6.07, 6.45) is 5.32. The van der Waals surface area contributed by atoms with Gasteiger partial charge in [0.05, 0.1) is 29.3 Å². The smallest absolute Gasteiger partial charge is 0.545 e. The number of ether oxygens (including phenoxy) is 1. The Morgan fingerprint density at radius 1 is 0.917 bits per heavy atom. The predicted molar refractivity (Wildman–Crippen MR) is 111 cm³/mol. The second kappa shape index (κ2) is 12.1. The Labute approximate surface area is 277 Å². The van der Waals surface area contributed by atoms with Gasteiger partial charge in [-0.2, -0.15) is 0 Å². The number of hydrogen-bond acceptors (Lipinski definition) is 8. The number of rotatable bonds is 4. The molecule has 4 rings (SSSR count). The van der Waals surface area contributed by atoms with E-state index in [9.17, 15) is 29.7 Å². The zero-order chi connectivity index (χ0) is 24.3. The quantitative estimate of drug-likeness (QED) is 0.280. The molecule has 1 saturated heterocycles. The molecule has 1 aliphatic heterocycles. The van der Waals surface area contributed by atoms with E-state index >= 15 is 0 Å². The number of allylic oxidation sites excluding steroid dienone is 1. The fourth-order valence-electron chi connectivity index (χ4n) is 7.14. The molecule has 2 heterocycles. The number of carboxylic acid groups (broad SMARTS) is 3. The first-order chi connectivity index (χ1) is 15.3. The van der Waals surface area contributed by atoms with Gasteiger partial charge in [-0.25, -0.2) is 4.98 Å². The van der Waals surface area contributed by atoms with Gasteiger partial charge in [0.25, 0.3) is 0 Å². The molecule has 2 aliphatic carbocycles. The van der Waals surface area contributed by atoms with Crippen LogP contribution in [0.3, 0.4) is 0 Å². The van der Waals surface area contributed by atoms with Crippen LogP contribution in [0, 0.1) is 22.7 Å². The van der Waals surface area contributed by atoms with Gasteiger partial charge in [-0.15, -0.1) is 0 Å². The van der Waals surface area contributed by atoms with E-state index < -0.39 is 40.5 Å². The zero-order valence-electron chi connectivity index (χ0n) is 22.4. The maximum absolute atomic E-state index is 12.2. The number of aromatic carboxylic acids is 2. The fourth-order valence-corrected chi connectivity index (χ4v) is 7.14. The minimum Gasteiger partial charge on any atom is -0.545 e. The van der Waals surface area contributed by atoms with Gasteiger partial charge in [-0.1, -0.05) is 27.2 Å². The summed E-state index contributed by atoms with van der Waals surface area (Å²) < 4.78 is 6.31. The summed E-state index contributed by atoms with van der Waals surface area (Å²) in [6, 6.07) is 2.09. The van der Waals surface area contributed by atoms with Crippen molar-refractivity contribution in [1.29, 1.82) is 0 Å². The molecule has 178 valence electrons. The molecule has 0 radical (unpaired) electrons. The van der Waals surface area contributed by atoms with Gasteiger partial charge in [-0.3, -0.25) is 0 Å². The van der Waals surface area contributed by atoms with Crippen molar-refractivity contribution in [2.24, 2.45) is 22.7 Å². The molecule has 3 fully saturated rings. The number of fused-ring (bicyclic) bond motifs is 3. The van der Waals surface area contributed by atoms with Crippen LogP contribution in [0.25, 0.3) is 5.57 Å². The van der Waals surface area contributed by atoms with Crippen LogP contribution >= 0.6 is 0 Å². The number of aliphatic carboxylic acids is 1. The summed E-state index contributed by atoms with van der Waals surface area (Å²) in [6.45, 7) is 8.87. The first-order valence-corrected chi connectivity index (χ1v) is 11.4. The SMILES string of the molecule is CC1(C)CCC[C@]2(C)[C@@H]1CC[C@]1(C)O/C(=C(/C(=O)[O-])c3ccc(C(=O)[O-])nc3C(=O)[O-])C[C@@H]21.[Na+].[Na+].[Na+]. The Balaban J connectivity index is 0.00000216. The number of carboxylic acids is 3. The molecule has 0 amide bonds. The molecule has 1 aromatic rings. The van der Waals surface area contributed by atoms with Gasteiger partial charge in [0.1, 0.15) is 11.4 Å². The number of hydrogen-bond donors (Lipinski definition) is 0. The van der Waals surface area contributed by atoms with Crippen LogP contribution in [0.1, 0.15) is 92.8 Å². The number of aromatic nitrogens is 1. The van der Waals surface area contributed by atoms with E-state index in [1.165, 1.54) is 0 Å². The monoisotopic (exact) mass is 523 g/mol. The van der Waals surface area contributed by atoms with E-state index in [2.05, 4.69) is 25.8 Å². The molecule has 0 spiro atoms. The van der Waals surface area contributed by atoms with Gasteiger partial charge in [0, 0.05) is 23.5 Å². The Bertz CT molecular complexity index is 1090. The average molecular weight is 523 g/mol. The molecule has 3 aliphatic rings. The maximum Gasteiger partial charge on any atom is 1.00 e. The zero-order valence-corrected chi connectivity index (χ0v) is 28.4. The number of pyridine rings is 1. The minimum atomic E-state index is -1.80.